The number of ether oxygens (including phenoxy) is 1. The second kappa shape index (κ2) is 8.90. The van der Waals surface area contributed by atoms with Crippen molar-refractivity contribution in [2.24, 2.45) is 0 Å². The number of β-amino-alcohol motifs (C(OH)–C–C–N with tert-alkyl or cyclic N) is 1. The molecule has 1 aromatic carbocycles. The van der Waals surface area contributed by atoms with E-state index in [1.54, 1.807) is 10.7 Å². The second-order valence-electron chi connectivity index (χ2n) is 8.01. The summed E-state index contributed by atoms with van der Waals surface area (Å²) in [7, 11) is 0. The minimum atomic E-state index is -0.290. The minimum Gasteiger partial charge on any atom is -0.488 e. The van der Waals surface area contributed by atoms with Gasteiger partial charge in [-0.05, 0) is 26.3 Å². The fourth-order valence-electron chi connectivity index (χ4n) is 4.30. The molecule has 0 aliphatic carbocycles. The number of anilines is 1. The predicted octanol–water partition coefficient (Wildman–Crippen LogP) is 2.82. The lowest BCUT2D eigenvalue weighted by Gasteiger charge is -2.23. The van der Waals surface area contributed by atoms with Crippen molar-refractivity contribution >= 4 is 28.5 Å². The Kier molecular flexibility index (Phi) is 6.20. The molecule has 32 heavy (non-hydrogen) atoms. The molecule has 3 aromatic rings. The summed E-state index contributed by atoms with van der Waals surface area (Å²) in [6.07, 6.45) is 2.12. The van der Waals surface area contributed by atoms with Crippen LogP contribution in [0.2, 0.25) is 5.02 Å². The van der Waals surface area contributed by atoms with Crippen LogP contribution in [0.5, 0.6) is 5.75 Å². The number of hydrogen-bond donors (Lipinski definition) is 2. The van der Waals surface area contributed by atoms with E-state index in [9.17, 15) is 10.4 Å². The molecule has 0 radical (unpaired) electrons. The maximum atomic E-state index is 9.82. The number of nitrogen functional groups attached to an aromatic ring is 1. The molecule has 2 aromatic heterocycles. The Labute approximate surface area is 191 Å². The first kappa shape index (κ1) is 22.3. The molecular formula is C22H26ClN7O2. The predicted molar refractivity (Wildman–Crippen MR) is 122 cm³/mol. The van der Waals surface area contributed by atoms with Crippen LogP contribution in [0.4, 0.5) is 5.82 Å². The lowest BCUT2D eigenvalue weighted by Crippen LogP contribution is -2.34. The van der Waals surface area contributed by atoms with Gasteiger partial charge in [0.1, 0.15) is 30.1 Å². The van der Waals surface area contributed by atoms with Gasteiger partial charge in [0.25, 0.3) is 0 Å². The third-order valence-corrected chi connectivity index (χ3v) is 6.28. The largest absolute Gasteiger partial charge is 0.488 e. The fraction of sp³-hybridized carbons (Fsp3) is 0.455. The average molecular weight is 456 g/mol. The van der Waals surface area contributed by atoms with Crippen LogP contribution in [0.25, 0.3) is 11.0 Å². The standard InChI is InChI=1S/C22H26ClN7O2/c1-4-14-9-29(5-6-31)10-17-16(8-24)18(23)7-15(20(17)32-14)13(3)30-22-19(12(2)28-30)21(25)26-11-27-22/h7,11,13-14,31H,4-6,9-10H2,1-3H3,(H2,25,26,27)/t13?,14-/m0/s1. The van der Waals surface area contributed by atoms with Crippen LogP contribution in [-0.4, -0.2) is 55.6 Å². The molecule has 0 fully saturated rings. The molecule has 168 valence electrons. The van der Waals surface area contributed by atoms with E-state index in [1.165, 1.54) is 6.33 Å². The highest BCUT2D eigenvalue weighted by Gasteiger charge is 2.30. The SMILES string of the molecule is CC[C@H]1CN(CCO)Cc2c(C#N)c(Cl)cc(C(C)n3nc(C)c4c(N)ncnc43)c2O1. The Morgan fingerprint density at radius 2 is 2.22 bits per heavy atom. The number of nitrogens with zero attached hydrogens (tertiary/aromatic N) is 6. The molecule has 10 heteroatoms. The maximum absolute atomic E-state index is 9.82. The molecule has 1 aliphatic rings. The van der Waals surface area contributed by atoms with E-state index < -0.39 is 0 Å². The summed E-state index contributed by atoms with van der Waals surface area (Å²) in [5.41, 5.74) is 9.37. The number of nitriles is 1. The van der Waals surface area contributed by atoms with E-state index in [0.29, 0.717) is 52.8 Å². The van der Waals surface area contributed by atoms with Crippen LogP contribution in [0.3, 0.4) is 0 Å². The van der Waals surface area contributed by atoms with Gasteiger partial charge in [-0.15, -0.1) is 0 Å². The normalized spacial score (nSPS) is 17.4. The number of hydrogen-bond acceptors (Lipinski definition) is 8. The molecule has 3 N–H and O–H groups in total. The van der Waals surface area contributed by atoms with E-state index in [-0.39, 0.29) is 18.8 Å². The summed E-state index contributed by atoms with van der Waals surface area (Å²) < 4.78 is 8.26. The van der Waals surface area contributed by atoms with Crippen molar-refractivity contribution in [3.8, 4) is 11.8 Å². The van der Waals surface area contributed by atoms with Crippen molar-refractivity contribution in [1.29, 1.82) is 5.26 Å². The smallest absolute Gasteiger partial charge is 0.164 e. The third kappa shape index (κ3) is 3.75. The third-order valence-electron chi connectivity index (χ3n) is 5.98. The number of aliphatic hydroxyl groups excluding tert-OH is 1. The van der Waals surface area contributed by atoms with Gasteiger partial charge in [0.05, 0.1) is 34.3 Å². The Hall–Kier alpha value is -2.93. The molecule has 1 unspecified atom stereocenters. The van der Waals surface area contributed by atoms with Gasteiger partial charge < -0.3 is 15.6 Å². The number of aromatic nitrogens is 4. The van der Waals surface area contributed by atoms with Crippen molar-refractivity contribution in [3.05, 3.63) is 39.8 Å². The molecule has 0 saturated heterocycles. The van der Waals surface area contributed by atoms with Crippen LogP contribution < -0.4 is 10.5 Å². The monoisotopic (exact) mass is 455 g/mol. The van der Waals surface area contributed by atoms with Crippen molar-refractivity contribution in [3.63, 3.8) is 0 Å². The summed E-state index contributed by atoms with van der Waals surface area (Å²) >= 11 is 6.57. The van der Waals surface area contributed by atoms with E-state index >= 15 is 0 Å². The Morgan fingerprint density at radius 3 is 2.91 bits per heavy atom. The molecule has 0 bridgehead atoms. The Bertz CT molecular complexity index is 1200. The number of nitrogens with two attached hydrogens (primary N) is 1. The first-order valence-corrected chi connectivity index (χ1v) is 11.0. The highest BCUT2D eigenvalue weighted by Crippen LogP contribution is 2.41. The lowest BCUT2D eigenvalue weighted by atomic mass is 9.98. The summed E-state index contributed by atoms with van der Waals surface area (Å²) in [6, 6.07) is 3.73. The van der Waals surface area contributed by atoms with Gasteiger partial charge in [0.15, 0.2) is 5.65 Å². The van der Waals surface area contributed by atoms with Gasteiger partial charge in [0, 0.05) is 30.8 Å². The zero-order valence-corrected chi connectivity index (χ0v) is 19.1. The number of aliphatic hydroxyl groups is 1. The molecule has 4 rings (SSSR count). The molecule has 2 atom stereocenters. The van der Waals surface area contributed by atoms with E-state index in [1.807, 2.05) is 13.8 Å². The van der Waals surface area contributed by atoms with Crippen LogP contribution in [-0.2, 0) is 6.54 Å². The first-order valence-electron chi connectivity index (χ1n) is 10.6. The highest BCUT2D eigenvalue weighted by molar-refractivity contribution is 6.32. The quantitative estimate of drug-likeness (QED) is 0.601. The Morgan fingerprint density at radius 1 is 1.44 bits per heavy atom. The topological polar surface area (TPSA) is 126 Å². The average Bonchev–Trinajstić information content (AvgIpc) is 3.00. The molecule has 0 amide bonds. The van der Waals surface area contributed by atoms with E-state index in [4.69, 9.17) is 22.1 Å². The fourth-order valence-corrected chi connectivity index (χ4v) is 4.58. The number of halogens is 1. The summed E-state index contributed by atoms with van der Waals surface area (Å²) in [6.45, 7) is 7.54. The molecule has 9 nitrogen and oxygen atoms in total. The summed E-state index contributed by atoms with van der Waals surface area (Å²) in [5.74, 6) is 1.03. The van der Waals surface area contributed by atoms with Gasteiger partial charge in [-0.2, -0.15) is 10.4 Å². The van der Waals surface area contributed by atoms with E-state index in [2.05, 4.69) is 33.0 Å². The lowest BCUT2D eigenvalue weighted by molar-refractivity contribution is 0.125. The number of fused-ring (bicyclic) bond motifs is 2. The van der Waals surface area contributed by atoms with Crippen LogP contribution >= 0.6 is 11.6 Å². The van der Waals surface area contributed by atoms with Crippen molar-refractivity contribution in [2.45, 2.75) is 45.9 Å². The van der Waals surface area contributed by atoms with Crippen molar-refractivity contribution < 1.29 is 9.84 Å². The maximum Gasteiger partial charge on any atom is 0.164 e. The van der Waals surface area contributed by atoms with Crippen LogP contribution in [0.15, 0.2) is 12.4 Å². The van der Waals surface area contributed by atoms with Crippen molar-refractivity contribution in [1.82, 2.24) is 24.6 Å². The molecule has 0 spiro atoms. The van der Waals surface area contributed by atoms with Gasteiger partial charge in [-0.1, -0.05) is 18.5 Å². The van der Waals surface area contributed by atoms with E-state index in [0.717, 1.165) is 23.2 Å². The number of rotatable bonds is 5. The van der Waals surface area contributed by atoms with Crippen molar-refractivity contribution in [2.75, 3.05) is 25.4 Å². The highest BCUT2D eigenvalue weighted by atomic mass is 35.5. The van der Waals surface area contributed by atoms with Gasteiger partial charge in [-0.25, -0.2) is 14.6 Å². The van der Waals surface area contributed by atoms with Gasteiger partial charge in [-0.3, -0.25) is 4.90 Å². The molecule has 0 saturated carbocycles. The van der Waals surface area contributed by atoms with Gasteiger partial charge >= 0.3 is 0 Å². The number of aryl methyl sites for hydroxylation is 1. The van der Waals surface area contributed by atoms with Crippen LogP contribution in [0.1, 0.15) is 48.7 Å². The minimum absolute atomic E-state index is 0.0250. The molecule has 3 heterocycles. The summed E-state index contributed by atoms with van der Waals surface area (Å²) in [4.78, 5) is 10.6. The zero-order chi connectivity index (χ0) is 23.0. The van der Waals surface area contributed by atoms with Crippen LogP contribution in [0, 0.1) is 18.3 Å². The molecular weight excluding hydrogens is 430 g/mol. The Balaban J connectivity index is 1.91. The van der Waals surface area contributed by atoms with Gasteiger partial charge in [0.2, 0.25) is 0 Å². The zero-order valence-electron chi connectivity index (χ0n) is 18.3. The first-order chi connectivity index (χ1) is 15.4. The molecule has 1 aliphatic heterocycles. The summed E-state index contributed by atoms with van der Waals surface area (Å²) in [5, 5.41) is 25.1. The second-order valence-corrected chi connectivity index (χ2v) is 8.42. The number of benzene rings is 1.